The molecular formula is C11H9NO2. The van der Waals surface area contributed by atoms with Crippen LogP contribution in [0.5, 0.6) is 0 Å². The van der Waals surface area contributed by atoms with Gasteiger partial charge in [0, 0.05) is 11.1 Å². The summed E-state index contributed by atoms with van der Waals surface area (Å²) >= 11 is 0. The highest BCUT2D eigenvalue weighted by molar-refractivity contribution is 5.98. The third kappa shape index (κ3) is 1.69. The summed E-state index contributed by atoms with van der Waals surface area (Å²) in [6, 6.07) is 4.95. The molecule has 0 aliphatic carbocycles. The van der Waals surface area contributed by atoms with E-state index in [0.29, 0.717) is 28.5 Å². The molecule has 70 valence electrons. The molecule has 1 rings (SSSR count). The van der Waals surface area contributed by atoms with Gasteiger partial charge in [-0.25, -0.2) is 0 Å². The normalized spacial score (nSPS) is 9.21. The van der Waals surface area contributed by atoms with Crippen molar-refractivity contribution in [2.75, 3.05) is 0 Å². The minimum Gasteiger partial charge on any atom is -0.298 e. The summed E-state index contributed by atoms with van der Waals surface area (Å²) in [7, 11) is 0. The van der Waals surface area contributed by atoms with Crippen LogP contribution in [-0.2, 0) is 0 Å². The molecule has 0 amide bonds. The number of Topliss-reactive ketones (excluding diaryl/α,β-unsaturated/α-hetero) is 1. The van der Waals surface area contributed by atoms with Crippen LogP contribution in [-0.4, -0.2) is 12.1 Å². The number of hydrogen-bond acceptors (Lipinski definition) is 3. The second-order valence-corrected chi connectivity index (χ2v) is 3.04. The lowest BCUT2D eigenvalue weighted by molar-refractivity contribution is 0.101. The Bertz CT molecular complexity index is 441. The van der Waals surface area contributed by atoms with Crippen molar-refractivity contribution in [2.45, 2.75) is 13.8 Å². The topological polar surface area (TPSA) is 57.9 Å². The molecule has 0 saturated heterocycles. The lowest BCUT2D eigenvalue weighted by Gasteiger charge is -2.03. The van der Waals surface area contributed by atoms with Crippen molar-refractivity contribution in [3.63, 3.8) is 0 Å². The molecule has 0 radical (unpaired) electrons. The van der Waals surface area contributed by atoms with Gasteiger partial charge in [-0.1, -0.05) is 0 Å². The summed E-state index contributed by atoms with van der Waals surface area (Å²) in [6.07, 6.45) is 0.683. The maximum absolute atomic E-state index is 11.1. The molecule has 14 heavy (non-hydrogen) atoms. The number of aldehydes is 1. The van der Waals surface area contributed by atoms with Gasteiger partial charge in [-0.3, -0.25) is 9.59 Å². The highest BCUT2D eigenvalue weighted by atomic mass is 16.1. The van der Waals surface area contributed by atoms with E-state index in [0.717, 1.165) is 0 Å². The molecule has 0 heterocycles. The second kappa shape index (κ2) is 3.84. The van der Waals surface area contributed by atoms with E-state index in [1.54, 1.807) is 13.0 Å². The Morgan fingerprint density at radius 1 is 1.50 bits per heavy atom. The number of aryl methyl sites for hydroxylation is 1. The van der Waals surface area contributed by atoms with Gasteiger partial charge >= 0.3 is 0 Å². The van der Waals surface area contributed by atoms with Gasteiger partial charge < -0.3 is 0 Å². The van der Waals surface area contributed by atoms with Crippen LogP contribution in [0.2, 0.25) is 0 Å². The fourth-order valence-electron chi connectivity index (χ4n) is 1.24. The summed E-state index contributed by atoms with van der Waals surface area (Å²) in [5.41, 5.74) is 1.79. The highest BCUT2D eigenvalue weighted by Gasteiger charge is 2.09. The quantitative estimate of drug-likeness (QED) is 0.524. The van der Waals surface area contributed by atoms with E-state index in [9.17, 15) is 9.59 Å². The first kappa shape index (κ1) is 10.1. The number of carbonyl (C=O) groups excluding carboxylic acids is 2. The van der Waals surface area contributed by atoms with E-state index < -0.39 is 0 Å². The second-order valence-electron chi connectivity index (χ2n) is 3.04. The molecule has 0 aliphatic heterocycles. The monoisotopic (exact) mass is 187 g/mol. The van der Waals surface area contributed by atoms with Crippen LogP contribution in [0.3, 0.4) is 0 Å². The average Bonchev–Trinajstić information content (AvgIpc) is 2.16. The Labute approximate surface area is 82.0 Å². The van der Waals surface area contributed by atoms with E-state index >= 15 is 0 Å². The number of ketones is 1. The van der Waals surface area contributed by atoms with Crippen molar-refractivity contribution in [3.8, 4) is 6.07 Å². The smallest absolute Gasteiger partial charge is 0.161 e. The molecule has 0 N–H and O–H groups in total. The number of nitriles is 1. The number of carbonyl (C=O) groups is 2. The maximum Gasteiger partial charge on any atom is 0.161 e. The third-order valence-electron chi connectivity index (χ3n) is 2.03. The van der Waals surface area contributed by atoms with Crippen LogP contribution in [0, 0.1) is 18.3 Å². The molecule has 3 nitrogen and oxygen atoms in total. The maximum atomic E-state index is 11.1. The predicted octanol–water partition coefficient (Wildman–Crippen LogP) is 1.88. The van der Waals surface area contributed by atoms with Crippen molar-refractivity contribution in [1.82, 2.24) is 0 Å². The molecule has 0 unspecified atom stereocenters. The Hall–Kier alpha value is -1.95. The van der Waals surface area contributed by atoms with Crippen molar-refractivity contribution >= 4 is 12.1 Å². The fraction of sp³-hybridized carbons (Fsp3) is 0.182. The van der Waals surface area contributed by atoms with Gasteiger partial charge in [-0.05, 0) is 31.5 Å². The van der Waals surface area contributed by atoms with Gasteiger partial charge in [0.2, 0.25) is 0 Å². The van der Waals surface area contributed by atoms with Gasteiger partial charge in [0.25, 0.3) is 0 Å². The van der Waals surface area contributed by atoms with E-state index in [-0.39, 0.29) is 5.78 Å². The minimum absolute atomic E-state index is 0.204. The van der Waals surface area contributed by atoms with Gasteiger partial charge in [0.05, 0.1) is 11.6 Å². The molecule has 0 aliphatic rings. The summed E-state index contributed by atoms with van der Waals surface area (Å²) in [5, 5.41) is 8.76. The molecule has 1 aromatic carbocycles. The van der Waals surface area contributed by atoms with E-state index in [2.05, 4.69) is 0 Å². The van der Waals surface area contributed by atoms with Gasteiger partial charge in [-0.15, -0.1) is 0 Å². The van der Waals surface area contributed by atoms with Gasteiger partial charge in [0.15, 0.2) is 5.78 Å². The predicted molar refractivity (Wildman–Crippen MR) is 51.3 cm³/mol. The number of rotatable bonds is 2. The highest BCUT2D eigenvalue weighted by Crippen LogP contribution is 2.15. The van der Waals surface area contributed by atoms with Crippen LogP contribution in [0.15, 0.2) is 12.1 Å². The van der Waals surface area contributed by atoms with Crippen LogP contribution >= 0.6 is 0 Å². The van der Waals surface area contributed by atoms with Crippen molar-refractivity contribution in [2.24, 2.45) is 0 Å². The minimum atomic E-state index is -0.204. The molecule has 1 aromatic rings. The van der Waals surface area contributed by atoms with Gasteiger partial charge in [0.1, 0.15) is 6.29 Å². The molecule has 0 saturated carbocycles. The van der Waals surface area contributed by atoms with E-state index in [1.807, 2.05) is 6.07 Å². The third-order valence-corrected chi connectivity index (χ3v) is 2.03. The summed E-state index contributed by atoms with van der Waals surface area (Å²) in [5.74, 6) is -0.204. The first-order chi connectivity index (χ1) is 6.60. The van der Waals surface area contributed by atoms with Crippen LogP contribution in [0.25, 0.3) is 0 Å². The Morgan fingerprint density at radius 3 is 2.57 bits per heavy atom. The zero-order chi connectivity index (χ0) is 10.7. The molecule has 3 heteroatoms. The lowest BCUT2D eigenvalue weighted by atomic mass is 9.98. The lowest BCUT2D eigenvalue weighted by Crippen LogP contribution is -2.00. The Balaban J connectivity index is 3.49. The van der Waals surface area contributed by atoms with Crippen LogP contribution in [0.4, 0.5) is 0 Å². The van der Waals surface area contributed by atoms with Crippen molar-refractivity contribution < 1.29 is 9.59 Å². The largest absolute Gasteiger partial charge is 0.298 e. The van der Waals surface area contributed by atoms with Crippen molar-refractivity contribution in [1.29, 1.82) is 5.26 Å². The SMILES string of the molecule is CC(=O)c1cc(C=O)c(C)cc1C#N. The zero-order valence-corrected chi connectivity index (χ0v) is 8.00. The van der Waals surface area contributed by atoms with E-state index in [4.69, 9.17) is 5.26 Å². The molecule has 0 spiro atoms. The fourth-order valence-corrected chi connectivity index (χ4v) is 1.24. The molecular weight excluding hydrogens is 178 g/mol. The number of hydrogen-bond donors (Lipinski definition) is 0. The van der Waals surface area contributed by atoms with Crippen LogP contribution in [0.1, 0.15) is 38.8 Å². The zero-order valence-electron chi connectivity index (χ0n) is 8.00. The van der Waals surface area contributed by atoms with Crippen LogP contribution < -0.4 is 0 Å². The molecule has 0 atom stereocenters. The molecule has 0 fully saturated rings. The first-order valence-corrected chi connectivity index (χ1v) is 4.11. The summed E-state index contributed by atoms with van der Waals surface area (Å²) in [4.78, 5) is 21.7. The number of nitrogens with zero attached hydrogens (tertiary/aromatic N) is 1. The summed E-state index contributed by atoms with van der Waals surface area (Å²) < 4.78 is 0. The van der Waals surface area contributed by atoms with E-state index in [1.165, 1.54) is 13.0 Å². The first-order valence-electron chi connectivity index (χ1n) is 4.11. The number of benzene rings is 1. The standard InChI is InChI=1S/C11H9NO2/c1-7-3-9(5-12)11(8(2)14)4-10(7)6-13/h3-4,6H,1-2H3. The summed E-state index contributed by atoms with van der Waals surface area (Å²) in [6.45, 7) is 3.11. The Kier molecular flexibility index (Phi) is 2.78. The molecule has 0 aromatic heterocycles. The van der Waals surface area contributed by atoms with Crippen molar-refractivity contribution in [3.05, 3.63) is 34.4 Å². The average molecular weight is 187 g/mol. The van der Waals surface area contributed by atoms with Gasteiger partial charge in [-0.2, -0.15) is 5.26 Å². The Morgan fingerprint density at radius 2 is 2.14 bits per heavy atom. The molecule has 0 bridgehead atoms.